The summed E-state index contributed by atoms with van der Waals surface area (Å²) < 4.78 is 1.68. The van der Waals surface area contributed by atoms with Crippen LogP contribution in [0.1, 0.15) is 36.5 Å². The highest BCUT2D eigenvalue weighted by Crippen LogP contribution is 2.13. The molecule has 2 N–H and O–H groups in total. The number of aromatic nitrogens is 3. The fraction of sp³-hybridized carbons (Fsp3) is 0.533. The van der Waals surface area contributed by atoms with Crippen LogP contribution in [0.4, 0.5) is 0 Å². The number of hydrogen-bond donors (Lipinski definition) is 2. The molecule has 0 bridgehead atoms. The number of hydrogen-bond acceptors (Lipinski definition) is 4. The van der Waals surface area contributed by atoms with Gasteiger partial charge in [0.1, 0.15) is 5.52 Å². The van der Waals surface area contributed by atoms with Gasteiger partial charge in [-0.25, -0.2) is 4.68 Å². The molecule has 114 valence electrons. The van der Waals surface area contributed by atoms with Gasteiger partial charge in [-0.15, -0.1) is 5.10 Å². The molecule has 1 heterocycles. The van der Waals surface area contributed by atoms with E-state index in [2.05, 4.69) is 22.6 Å². The fourth-order valence-electron chi connectivity index (χ4n) is 2.46. The van der Waals surface area contributed by atoms with Crippen LogP contribution >= 0.6 is 0 Å². The van der Waals surface area contributed by atoms with Gasteiger partial charge in [-0.05, 0) is 37.0 Å². The lowest BCUT2D eigenvalue weighted by molar-refractivity contribution is 0.0943. The average Bonchev–Trinajstić information content (AvgIpc) is 2.86. The third-order valence-electron chi connectivity index (χ3n) is 3.66. The van der Waals surface area contributed by atoms with E-state index in [9.17, 15) is 4.79 Å². The minimum atomic E-state index is -0.110. The minimum absolute atomic E-state index is 0.110. The van der Waals surface area contributed by atoms with Crippen LogP contribution < -0.4 is 5.32 Å². The highest BCUT2D eigenvalue weighted by Gasteiger charge is 2.12. The van der Waals surface area contributed by atoms with Crippen molar-refractivity contribution in [1.29, 1.82) is 0 Å². The predicted molar refractivity (Wildman–Crippen MR) is 80.9 cm³/mol. The van der Waals surface area contributed by atoms with Crippen LogP contribution in [0.5, 0.6) is 0 Å². The van der Waals surface area contributed by atoms with Crippen LogP contribution in [-0.2, 0) is 7.05 Å². The lowest BCUT2D eigenvalue weighted by Crippen LogP contribution is -2.29. The predicted octanol–water partition coefficient (Wildman–Crippen LogP) is 1.50. The van der Waals surface area contributed by atoms with Crippen molar-refractivity contribution >= 4 is 16.9 Å². The van der Waals surface area contributed by atoms with E-state index in [4.69, 9.17) is 5.11 Å². The molecule has 2 aromatic rings. The Balaban J connectivity index is 2.00. The Bertz CT molecular complexity index is 603. The summed E-state index contributed by atoms with van der Waals surface area (Å²) in [6, 6.07) is 5.38. The number of nitrogens with zero attached hydrogens (tertiary/aromatic N) is 3. The Morgan fingerprint density at radius 2 is 2.24 bits per heavy atom. The quantitative estimate of drug-likeness (QED) is 0.810. The maximum absolute atomic E-state index is 12.2. The standard InChI is InChI=1S/C15H22N4O2/c1-3-4-11(7-8-20)10-16-15(21)12-5-6-14-13(9-12)17-18-19(14)2/h5-6,9,11,20H,3-4,7-8,10H2,1-2H3,(H,16,21). The molecule has 1 aromatic heterocycles. The van der Waals surface area contributed by atoms with Gasteiger partial charge in [0.2, 0.25) is 0 Å². The number of carbonyl (C=O) groups is 1. The van der Waals surface area contributed by atoms with Crippen molar-refractivity contribution in [2.45, 2.75) is 26.2 Å². The second-order valence-electron chi connectivity index (χ2n) is 5.29. The minimum Gasteiger partial charge on any atom is -0.396 e. The molecule has 0 saturated heterocycles. The number of aliphatic hydroxyl groups excluding tert-OH is 1. The third-order valence-corrected chi connectivity index (χ3v) is 3.66. The van der Waals surface area contributed by atoms with Crippen LogP contribution in [0.15, 0.2) is 18.2 Å². The zero-order chi connectivity index (χ0) is 15.2. The molecule has 21 heavy (non-hydrogen) atoms. The Hall–Kier alpha value is -1.95. The molecule has 0 radical (unpaired) electrons. The number of benzene rings is 1. The lowest BCUT2D eigenvalue weighted by Gasteiger charge is -2.15. The number of nitrogens with one attached hydrogen (secondary N) is 1. The number of amides is 1. The van der Waals surface area contributed by atoms with Crippen molar-refractivity contribution in [1.82, 2.24) is 20.3 Å². The highest BCUT2D eigenvalue weighted by atomic mass is 16.3. The van der Waals surface area contributed by atoms with E-state index in [-0.39, 0.29) is 12.5 Å². The summed E-state index contributed by atoms with van der Waals surface area (Å²) in [6.45, 7) is 2.85. The third kappa shape index (κ3) is 3.78. The van der Waals surface area contributed by atoms with Gasteiger partial charge in [-0.1, -0.05) is 18.6 Å². The Morgan fingerprint density at radius 3 is 2.95 bits per heavy atom. The van der Waals surface area contributed by atoms with Gasteiger partial charge in [-0.2, -0.15) is 0 Å². The molecule has 1 atom stereocenters. The van der Waals surface area contributed by atoms with E-state index in [1.54, 1.807) is 16.8 Å². The molecule has 0 fully saturated rings. The molecular weight excluding hydrogens is 268 g/mol. The van der Waals surface area contributed by atoms with Crippen LogP contribution in [0.25, 0.3) is 11.0 Å². The molecular formula is C15H22N4O2. The summed E-state index contributed by atoms with van der Waals surface area (Å²) in [5.74, 6) is 0.214. The highest BCUT2D eigenvalue weighted by molar-refractivity contribution is 5.97. The van der Waals surface area contributed by atoms with Crippen LogP contribution in [0, 0.1) is 5.92 Å². The van der Waals surface area contributed by atoms with E-state index < -0.39 is 0 Å². The summed E-state index contributed by atoms with van der Waals surface area (Å²) in [6.07, 6.45) is 2.77. The zero-order valence-electron chi connectivity index (χ0n) is 12.5. The normalized spacial score (nSPS) is 12.5. The van der Waals surface area contributed by atoms with Gasteiger partial charge < -0.3 is 10.4 Å². The lowest BCUT2D eigenvalue weighted by atomic mass is 10.00. The summed E-state index contributed by atoms with van der Waals surface area (Å²) in [5.41, 5.74) is 2.20. The molecule has 0 spiro atoms. The summed E-state index contributed by atoms with van der Waals surface area (Å²) in [4.78, 5) is 12.2. The SMILES string of the molecule is CCCC(CCO)CNC(=O)c1ccc2c(c1)nnn2C. The number of carbonyl (C=O) groups excluding carboxylic acids is 1. The van der Waals surface area contributed by atoms with Gasteiger partial charge in [0.25, 0.3) is 5.91 Å². The van der Waals surface area contributed by atoms with Crippen LogP contribution in [-0.4, -0.2) is 39.2 Å². The van der Waals surface area contributed by atoms with Crippen LogP contribution in [0.3, 0.4) is 0 Å². The van der Waals surface area contributed by atoms with Gasteiger partial charge in [0, 0.05) is 25.8 Å². The van der Waals surface area contributed by atoms with Gasteiger partial charge >= 0.3 is 0 Å². The molecule has 0 aliphatic carbocycles. The number of aliphatic hydroxyl groups is 1. The fourth-order valence-corrected chi connectivity index (χ4v) is 2.46. The Labute approximate surface area is 124 Å². The van der Waals surface area contributed by atoms with E-state index in [1.807, 2.05) is 13.1 Å². The van der Waals surface area contributed by atoms with Gasteiger partial charge in [-0.3, -0.25) is 4.79 Å². The average molecular weight is 290 g/mol. The number of rotatable bonds is 7. The molecule has 0 aliphatic heterocycles. The number of aryl methyl sites for hydroxylation is 1. The molecule has 0 saturated carbocycles. The van der Waals surface area contributed by atoms with Crippen molar-refractivity contribution in [3.8, 4) is 0 Å². The largest absolute Gasteiger partial charge is 0.396 e. The van der Waals surface area contributed by atoms with E-state index >= 15 is 0 Å². The van der Waals surface area contributed by atoms with E-state index in [1.165, 1.54) is 0 Å². The smallest absolute Gasteiger partial charge is 0.251 e. The second kappa shape index (κ2) is 7.17. The van der Waals surface area contributed by atoms with Crippen molar-refractivity contribution < 1.29 is 9.90 Å². The number of fused-ring (bicyclic) bond motifs is 1. The summed E-state index contributed by atoms with van der Waals surface area (Å²) in [5, 5.41) is 19.9. The van der Waals surface area contributed by atoms with E-state index in [0.29, 0.717) is 23.5 Å². The molecule has 6 nitrogen and oxygen atoms in total. The monoisotopic (exact) mass is 290 g/mol. The molecule has 2 rings (SSSR count). The first-order valence-electron chi connectivity index (χ1n) is 7.34. The first-order chi connectivity index (χ1) is 10.2. The maximum Gasteiger partial charge on any atom is 0.251 e. The van der Waals surface area contributed by atoms with Crippen molar-refractivity contribution in [2.24, 2.45) is 13.0 Å². The van der Waals surface area contributed by atoms with E-state index in [0.717, 1.165) is 24.8 Å². The topological polar surface area (TPSA) is 80.0 Å². The van der Waals surface area contributed by atoms with Crippen molar-refractivity contribution in [2.75, 3.05) is 13.2 Å². The first-order valence-corrected chi connectivity index (χ1v) is 7.34. The molecule has 6 heteroatoms. The Morgan fingerprint density at radius 1 is 1.43 bits per heavy atom. The summed E-state index contributed by atoms with van der Waals surface area (Å²) >= 11 is 0. The van der Waals surface area contributed by atoms with Crippen molar-refractivity contribution in [3.63, 3.8) is 0 Å². The first kappa shape index (κ1) is 15.4. The molecule has 1 amide bonds. The van der Waals surface area contributed by atoms with Gasteiger partial charge in [0.15, 0.2) is 0 Å². The Kier molecular flexibility index (Phi) is 5.27. The maximum atomic E-state index is 12.2. The summed E-state index contributed by atoms with van der Waals surface area (Å²) in [7, 11) is 1.82. The zero-order valence-corrected chi connectivity index (χ0v) is 12.5. The van der Waals surface area contributed by atoms with Crippen molar-refractivity contribution in [3.05, 3.63) is 23.8 Å². The second-order valence-corrected chi connectivity index (χ2v) is 5.29. The van der Waals surface area contributed by atoms with Crippen LogP contribution in [0.2, 0.25) is 0 Å². The molecule has 1 unspecified atom stereocenters. The van der Waals surface area contributed by atoms with Gasteiger partial charge in [0.05, 0.1) is 5.52 Å². The molecule has 1 aromatic carbocycles. The molecule has 0 aliphatic rings.